The summed E-state index contributed by atoms with van der Waals surface area (Å²) in [6, 6.07) is 4.20. The van der Waals surface area contributed by atoms with E-state index in [2.05, 4.69) is 17.6 Å². The van der Waals surface area contributed by atoms with Crippen LogP contribution in [0.2, 0.25) is 0 Å². The van der Waals surface area contributed by atoms with Crippen LogP contribution in [0.3, 0.4) is 0 Å². The highest BCUT2D eigenvalue weighted by Crippen LogP contribution is 2.33. The van der Waals surface area contributed by atoms with E-state index in [4.69, 9.17) is 9.84 Å². The molecule has 2 rings (SSSR count). The first-order chi connectivity index (χ1) is 9.55. The Morgan fingerprint density at radius 2 is 2.20 bits per heavy atom. The highest BCUT2D eigenvalue weighted by Gasteiger charge is 2.36. The average Bonchev–Trinajstić information content (AvgIpc) is 3.16. The predicted molar refractivity (Wildman–Crippen MR) is 74.3 cm³/mol. The van der Waals surface area contributed by atoms with E-state index in [1.807, 2.05) is 0 Å². The van der Waals surface area contributed by atoms with Crippen molar-refractivity contribution in [2.75, 3.05) is 12.4 Å². The molecule has 2 atom stereocenters. The highest BCUT2D eigenvalue weighted by molar-refractivity contribution is 5.95. The summed E-state index contributed by atoms with van der Waals surface area (Å²) in [5.74, 6) is -0.0784. The molecule has 0 heterocycles. The SMILES string of the molecule is CCC1CC1NC(=O)Nc1cc(C(=O)O)ccc1OC. The Hall–Kier alpha value is -2.24. The normalized spacial score (nSPS) is 20.1. The van der Waals surface area contributed by atoms with Crippen LogP contribution in [-0.2, 0) is 0 Å². The molecule has 2 unspecified atom stereocenters. The van der Waals surface area contributed by atoms with Crippen LogP contribution in [0, 0.1) is 5.92 Å². The zero-order chi connectivity index (χ0) is 14.7. The van der Waals surface area contributed by atoms with Gasteiger partial charge in [0, 0.05) is 6.04 Å². The summed E-state index contributed by atoms with van der Waals surface area (Å²) in [6.07, 6.45) is 2.04. The van der Waals surface area contributed by atoms with Crippen LogP contribution in [0.4, 0.5) is 10.5 Å². The number of urea groups is 1. The summed E-state index contributed by atoms with van der Waals surface area (Å²) >= 11 is 0. The number of benzene rings is 1. The molecule has 0 bridgehead atoms. The number of aromatic carboxylic acids is 1. The number of ether oxygens (including phenoxy) is 1. The van der Waals surface area contributed by atoms with Crippen LogP contribution in [-0.4, -0.2) is 30.3 Å². The zero-order valence-electron chi connectivity index (χ0n) is 11.5. The van der Waals surface area contributed by atoms with Gasteiger partial charge in [-0.25, -0.2) is 9.59 Å². The van der Waals surface area contributed by atoms with E-state index < -0.39 is 5.97 Å². The monoisotopic (exact) mass is 278 g/mol. The molecule has 6 heteroatoms. The molecule has 1 aliphatic carbocycles. The fraction of sp³-hybridized carbons (Fsp3) is 0.429. The van der Waals surface area contributed by atoms with Gasteiger partial charge in [0.15, 0.2) is 0 Å². The Balaban J connectivity index is 2.05. The number of carbonyl (C=O) groups is 2. The molecule has 0 aromatic heterocycles. The summed E-state index contributed by atoms with van der Waals surface area (Å²) in [7, 11) is 1.47. The second-order valence-corrected chi connectivity index (χ2v) is 4.83. The Morgan fingerprint density at radius 1 is 1.45 bits per heavy atom. The van der Waals surface area contributed by atoms with E-state index in [1.54, 1.807) is 0 Å². The van der Waals surface area contributed by atoms with Crippen LogP contribution < -0.4 is 15.4 Å². The Morgan fingerprint density at radius 3 is 2.75 bits per heavy atom. The van der Waals surface area contributed by atoms with Gasteiger partial charge in [0.1, 0.15) is 5.75 Å². The van der Waals surface area contributed by atoms with Crippen LogP contribution in [0.15, 0.2) is 18.2 Å². The third kappa shape index (κ3) is 3.20. The molecule has 0 saturated heterocycles. The van der Waals surface area contributed by atoms with Crippen LogP contribution >= 0.6 is 0 Å². The summed E-state index contributed by atoms with van der Waals surface area (Å²) < 4.78 is 5.11. The smallest absolute Gasteiger partial charge is 0.335 e. The minimum Gasteiger partial charge on any atom is -0.495 e. The van der Waals surface area contributed by atoms with Crippen molar-refractivity contribution >= 4 is 17.7 Å². The topological polar surface area (TPSA) is 87.7 Å². The van der Waals surface area contributed by atoms with Gasteiger partial charge < -0.3 is 20.5 Å². The molecule has 0 spiro atoms. The molecule has 1 aromatic carbocycles. The van der Waals surface area contributed by atoms with Crippen LogP contribution in [0.1, 0.15) is 30.1 Å². The molecule has 1 fully saturated rings. The summed E-state index contributed by atoms with van der Waals surface area (Å²) in [4.78, 5) is 22.8. The fourth-order valence-corrected chi connectivity index (χ4v) is 2.14. The first-order valence-corrected chi connectivity index (χ1v) is 6.54. The molecule has 1 saturated carbocycles. The lowest BCUT2D eigenvalue weighted by atomic mass is 10.2. The van der Waals surface area contributed by atoms with Crippen molar-refractivity contribution in [1.82, 2.24) is 5.32 Å². The Labute approximate surface area is 117 Å². The molecular weight excluding hydrogens is 260 g/mol. The van der Waals surface area contributed by atoms with Crippen molar-refractivity contribution in [2.45, 2.75) is 25.8 Å². The number of amides is 2. The van der Waals surface area contributed by atoms with Gasteiger partial charge in [0.05, 0.1) is 18.4 Å². The van der Waals surface area contributed by atoms with Gasteiger partial charge in [-0.15, -0.1) is 0 Å². The molecule has 0 radical (unpaired) electrons. The van der Waals surface area contributed by atoms with E-state index >= 15 is 0 Å². The minimum atomic E-state index is -1.05. The number of anilines is 1. The van der Waals surface area contributed by atoms with Crippen LogP contribution in [0.25, 0.3) is 0 Å². The second-order valence-electron chi connectivity index (χ2n) is 4.83. The number of carboxylic acid groups (broad SMARTS) is 1. The number of carbonyl (C=O) groups excluding carboxylic acids is 1. The first kappa shape index (κ1) is 14.2. The highest BCUT2D eigenvalue weighted by atomic mass is 16.5. The standard InChI is InChI=1S/C14H18N2O4/c1-3-8-6-10(8)15-14(19)16-11-7-9(13(17)18)4-5-12(11)20-2/h4-5,7-8,10H,3,6H2,1-2H3,(H,17,18)(H2,15,16,19). The molecular formula is C14H18N2O4. The maximum Gasteiger partial charge on any atom is 0.335 e. The number of methoxy groups -OCH3 is 1. The third-order valence-electron chi connectivity index (χ3n) is 3.46. The molecule has 2 amide bonds. The number of carboxylic acids is 1. The number of hydrogen-bond donors (Lipinski definition) is 3. The van der Waals surface area contributed by atoms with Crippen LogP contribution in [0.5, 0.6) is 5.75 Å². The van der Waals surface area contributed by atoms with Crippen molar-refractivity contribution in [3.05, 3.63) is 23.8 Å². The summed E-state index contributed by atoms with van der Waals surface area (Å²) in [6.45, 7) is 2.09. The van der Waals surface area contributed by atoms with E-state index in [1.165, 1.54) is 25.3 Å². The predicted octanol–water partition coefficient (Wildman–Crippen LogP) is 2.31. The summed E-state index contributed by atoms with van der Waals surface area (Å²) in [5.41, 5.74) is 0.442. The van der Waals surface area contributed by atoms with Crippen molar-refractivity contribution < 1.29 is 19.4 Å². The van der Waals surface area contributed by atoms with E-state index in [9.17, 15) is 9.59 Å². The fourth-order valence-electron chi connectivity index (χ4n) is 2.14. The average molecular weight is 278 g/mol. The number of nitrogens with one attached hydrogen (secondary N) is 2. The molecule has 108 valence electrons. The van der Waals surface area contributed by atoms with Gasteiger partial charge in [-0.2, -0.15) is 0 Å². The van der Waals surface area contributed by atoms with E-state index in [0.29, 0.717) is 17.4 Å². The van der Waals surface area contributed by atoms with Gasteiger partial charge in [0.25, 0.3) is 0 Å². The van der Waals surface area contributed by atoms with Crippen molar-refractivity contribution in [2.24, 2.45) is 5.92 Å². The largest absolute Gasteiger partial charge is 0.495 e. The van der Waals surface area contributed by atoms with Gasteiger partial charge in [-0.3, -0.25) is 0 Å². The Kier molecular flexibility index (Phi) is 4.12. The molecule has 3 N–H and O–H groups in total. The van der Waals surface area contributed by atoms with Gasteiger partial charge in [-0.05, 0) is 30.5 Å². The second kappa shape index (κ2) is 5.81. The van der Waals surface area contributed by atoms with Gasteiger partial charge in [-0.1, -0.05) is 13.3 Å². The Bertz CT molecular complexity index is 530. The first-order valence-electron chi connectivity index (χ1n) is 6.54. The molecule has 6 nitrogen and oxygen atoms in total. The maximum atomic E-state index is 11.8. The summed E-state index contributed by atoms with van der Waals surface area (Å²) in [5, 5.41) is 14.4. The number of hydrogen-bond acceptors (Lipinski definition) is 3. The molecule has 1 aliphatic rings. The lowest BCUT2D eigenvalue weighted by Crippen LogP contribution is -2.31. The van der Waals surface area contributed by atoms with E-state index in [0.717, 1.165) is 12.8 Å². The molecule has 1 aromatic rings. The van der Waals surface area contributed by atoms with Gasteiger partial charge in [0.2, 0.25) is 0 Å². The van der Waals surface area contributed by atoms with Crippen molar-refractivity contribution in [3.63, 3.8) is 0 Å². The molecule has 20 heavy (non-hydrogen) atoms. The number of rotatable bonds is 5. The van der Waals surface area contributed by atoms with Gasteiger partial charge >= 0.3 is 12.0 Å². The third-order valence-corrected chi connectivity index (χ3v) is 3.46. The quantitative estimate of drug-likeness (QED) is 0.771. The maximum absolute atomic E-state index is 11.8. The lowest BCUT2D eigenvalue weighted by molar-refractivity contribution is 0.0697. The van der Waals surface area contributed by atoms with Crippen molar-refractivity contribution in [3.8, 4) is 5.75 Å². The molecule has 0 aliphatic heterocycles. The van der Waals surface area contributed by atoms with E-state index in [-0.39, 0.29) is 17.6 Å². The van der Waals surface area contributed by atoms with Crippen molar-refractivity contribution in [1.29, 1.82) is 0 Å². The zero-order valence-corrected chi connectivity index (χ0v) is 11.5. The lowest BCUT2D eigenvalue weighted by Gasteiger charge is -2.11. The minimum absolute atomic E-state index is 0.0963.